The van der Waals surface area contributed by atoms with Crippen LogP contribution in [-0.2, 0) is 4.79 Å². The first kappa shape index (κ1) is 13.5. The lowest BCUT2D eigenvalue weighted by Crippen LogP contribution is -2.37. The Morgan fingerprint density at radius 1 is 1.56 bits per heavy atom. The summed E-state index contributed by atoms with van der Waals surface area (Å²) < 4.78 is 0. The molecule has 0 unspecified atom stereocenters. The number of carbonyl (C=O) groups is 1. The molecule has 2 N–H and O–H groups in total. The second-order valence-electron chi connectivity index (χ2n) is 4.78. The van der Waals surface area contributed by atoms with Gasteiger partial charge in [0.15, 0.2) is 0 Å². The molecule has 0 radical (unpaired) electrons. The zero-order valence-electron chi connectivity index (χ0n) is 10.4. The predicted octanol–water partition coefficient (Wildman–Crippen LogP) is 0.748. The van der Waals surface area contributed by atoms with Gasteiger partial charge >= 0.3 is 0 Å². The SMILES string of the molecule is CC(C)NCCCC(=O)N1CCC[C@@H]1CO. The van der Waals surface area contributed by atoms with Crippen molar-refractivity contribution in [2.75, 3.05) is 19.7 Å². The van der Waals surface area contributed by atoms with Gasteiger partial charge in [-0.15, -0.1) is 0 Å². The van der Waals surface area contributed by atoms with E-state index in [0.717, 1.165) is 32.4 Å². The monoisotopic (exact) mass is 228 g/mol. The molecular weight excluding hydrogens is 204 g/mol. The third kappa shape index (κ3) is 4.10. The Balaban J connectivity index is 2.19. The van der Waals surface area contributed by atoms with Gasteiger partial charge in [0.1, 0.15) is 0 Å². The fourth-order valence-corrected chi connectivity index (χ4v) is 2.13. The maximum absolute atomic E-state index is 11.8. The quantitative estimate of drug-likeness (QED) is 0.660. The fourth-order valence-electron chi connectivity index (χ4n) is 2.13. The molecule has 0 aromatic carbocycles. The van der Waals surface area contributed by atoms with Gasteiger partial charge in [-0.3, -0.25) is 4.79 Å². The van der Waals surface area contributed by atoms with Crippen molar-refractivity contribution in [3.05, 3.63) is 0 Å². The minimum Gasteiger partial charge on any atom is -0.394 e. The van der Waals surface area contributed by atoms with Crippen LogP contribution in [0.15, 0.2) is 0 Å². The molecule has 0 aromatic heterocycles. The molecule has 0 aliphatic carbocycles. The van der Waals surface area contributed by atoms with Crippen molar-refractivity contribution in [2.24, 2.45) is 0 Å². The highest BCUT2D eigenvalue weighted by atomic mass is 16.3. The first-order valence-electron chi connectivity index (χ1n) is 6.29. The third-order valence-electron chi connectivity index (χ3n) is 3.03. The molecule has 1 amide bonds. The van der Waals surface area contributed by atoms with Crippen LogP contribution in [0, 0.1) is 0 Å². The second kappa shape index (κ2) is 6.86. The van der Waals surface area contributed by atoms with Gasteiger partial charge < -0.3 is 15.3 Å². The van der Waals surface area contributed by atoms with E-state index in [9.17, 15) is 4.79 Å². The molecule has 1 heterocycles. The van der Waals surface area contributed by atoms with E-state index < -0.39 is 0 Å². The number of likely N-dealkylation sites (tertiary alicyclic amines) is 1. The smallest absolute Gasteiger partial charge is 0.222 e. The van der Waals surface area contributed by atoms with E-state index in [4.69, 9.17) is 5.11 Å². The van der Waals surface area contributed by atoms with Gasteiger partial charge in [0.25, 0.3) is 0 Å². The van der Waals surface area contributed by atoms with Gasteiger partial charge in [0.05, 0.1) is 12.6 Å². The Morgan fingerprint density at radius 3 is 2.94 bits per heavy atom. The third-order valence-corrected chi connectivity index (χ3v) is 3.03. The molecule has 16 heavy (non-hydrogen) atoms. The highest BCUT2D eigenvalue weighted by Gasteiger charge is 2.27. The number of carbonyl (C=O) groups excluding carboxylic acids is 1. The summed E-state index contributed by atoms with van der Waals surface area (Å²) in [5.74, 6) is 0.196. The highest BCUT2D eigenvalue weighted by molar-refractivity contribution is 5.76. The van der Waals surface area contributed by atoms with E-state index in [1.165, 1.54) is 0 Å². The Kier molecular flexibility index (Phi) is 5.77. The number of rotatable bonds is 6. The maximum Gasteiger partial charge on any atom is 0.222 e. The van der Waals surface area contributed by atoms with Gasteiger partial charge in [-0.25, -0.2) is 0 Å². The van der Waals surface area contributed by atoms with Crippen molar-refractivity contribution in [3.63, 3.8) is 0 Å². The van der Waals surface area contributed by atoms with Crippen LogP contribution < -0.4 is 5.32 Å². The standard InChI is InChI=1S/C12H24N2O2/c1-10(2)13-7-3-6-12(16)14-8-4-5-11(14)9-15/h10-11,13,15H,3-9H2,1-2H3/t11-/m1/s1. The number of nitrogens with zero attached hydrogens (tertiary/aromatic N) is 1. The lowest BCUT2D eigenvalue weighted by Gasteiger charge is -2.23. The van der Waals surface area contributed by atoms with E-state index in [2.05, 4.69) is 19.2 Å². The van der Waals surface area contributed by atoms with E-state index in [1.807, 2.05) is 4.90 Å². The maximum atomic E-state index is 11.8. The van der Waals surface area contributed by atoms with Gasteiger partial charge in [-0.2, -0.15) is 0 Å². The minimum absolute atomic E-state index is 0.0746. The van der Waals surface area contributed by atoms with Crippen LogP contribution in [0.5, 0.6) is 0 Å². The zero-order chi connectivity index (χ0) is 12.0. The summed E-state index contributed by atoms with van der Waals surface area (Å²) in [6, 6.07) is 0.553. The summed E-state index contributed by atoms with van der Waals surface area (Å²) in [5, 5.41) is 12.4. The lowest BCUT2D eigenvalue weighted by atomic mass is 10.2. The normalized spacial score (nSPS) is 20.8. The first-order chi connectivity index (χ1) is 7.65. The molecule has 0 saturated carbocycles. The van der Waals surface area contributed by atoms with Crippen LogP contribution in [0.25, 0.3) is 0 Å². The molecule has 1 aliphatic rings. The number of hydrogen-bond donors (Lipinski definition) is 2. The van der Waals surface area contributed by atoms with Crippen LogP contribution in [0.3, 0.4) is 0 Å². The Hall–Kier alpha value is -0.610. The molecule has 94 valence electrons. The predicted molar refractivity (Wildman–Crippen MR) is 64.2 cm³/mol. The van der Waals surface area contributed by atoms with Crippen LogP contribution in [0.1, 0.15) is 39.5 Å². The van der Waals surface area contributed by atoms with Crippen LogP contribution >= 0.6 is 0 Å². The van der Waals surface area contributed by atoms with Crippen LogP contribution in [-0.4, -0.2) is 47.7 Å². The fraction of sp³-hybridized carbons (Fsp3) is 0.917. The number of amides is 1. The van der Waals surface area contributed by atoms with E-state index in [1.54, 1.807) is 0 Å². The Labute approximate surface area is 98.0 Å². The highest BCUT2D eigenvalue weighted by Crippen LogP contribution is 2.17. The summed E-state index contributed by atoms with van der Waals surface area (Å²) in [7, 11) is 0. The van der Waals surface area contributed by atoms with Gasteiger partial charge in [-0.05, 0) is 25.8 Å². The van der Waals surface area contributed by atoms with Crippen molar-refractivity contribution >= 4 is 5.91 Å². The zero-order valence-corrected chi connectivity index (χ0v) is 10.4. The average Bonchev–Trinajstić information content (AvgIpc) is 2.71. The average molecular weight is 228 g/mol. The Morgan fingerprint density at radius 2 is 2.31 bits per heavy atom. The molecule has 1 saturated heterocycles. The van der Waals surface area contributed by atoms with Gasteiger partial charge in [0, 0.05) is 19.0 Å². The minimum atomic E-state index is 0.0746. The molecule has 0 spiro atoms. The molecule has 1 atom stereocenters. The summed E-state index contributed by atoms with van der Waals surface area (Å²) in [6.45, 7) is 6.02. The largest absolute Gasteiger partial charge is 0.394 e. The molecule has 1 rings (SSSR count). The summed E-state index contributed by atoms with van der Waals surface area (Å²) >= 11 is 0. The summed E-state index contributed by atoms with van der Waals surface area (Å²) in [6.07, 6.45) is 3.45. The molecule has 0 bridgehead atoms. The second-order valence-corrected chi connectivity index (χ2v) is 4.78. The topological polar surface area (TPSA) is 52.6 Å². The van der Waals surface area contributed by atoms with Crippen LogP contribution in [0.2, 0.25) is 0 Å². The van der Waals surface area contributed by atoms with E-state index >= 15 is 0 Å². The summed E-state index contributed by atoms with van der Waals surface area (Å²) in [4.78, 5) is 13.7. The number of aliphatic hydroxyl groups excluding tert-OH is 1. The number of hydrogen-bond acceptors (Lipinski definition) is 3. The number of aliphatic hydroxyl groups is 1. The molecule has 4 nitrogen and oxygen atoms in total. The first-order valence-corrected chi connectivity index (χ1v) is 6.29. The molecular formula is C12H24N2O2. The number of nitrogens with one attached hydrogen (secondary N) is 1. The molecule has 1 fully saturated rings. The van der Waals surface area contributed by atoms with Crippen molar-refractivity contribution in [2.45, 2.75) is 51.6 Å². The lowest BCUT2D eigenvalue weighted by molar-refractivity contribution is -0.132. The molecule has 4 heteroatoms. The van der Waals surface area contributed by atoms with Crippen LogP contribution in [0.4, 0.5) is 0 Å². The van der Waals surface area contributed by atoms with Crippen molar-refractivity contribution in [1.29, 1.82) is 0 Å². The van der Waals surface area contributed by atoms with E-state index in [0.29, 0.717) is 12.5 Å². The Bertz CT molecular complexity index is 219. The van der Waals surface area contributed by atoms with Crippen molar-refractivity contribution < 1.29 is 9.90 Å². The molecule has 1 aliphatic heterocycles. The van der Waals surface area contributed by atoms with Crippen molar-refractivity contribution in [3.8, 4) is 0 Å². The van der Waals surface area contributed by atoms with Gasteiger partial charge in [-0.1, -0.05) is 13.8 Å². The van der Waals surface area contributed by atoms with E-state index in [-0.39, 0.29) is 18.6 Å². The van der Waals surface area contributed by atoms with Gasteiger partial charge in [0.2, 0.25) is 5.91 Å². The van der Waals surface area contributed by atoms with Crippen molar-refractivity contribution in [1.82, 2.24) is 10.2 Å². The summed E-state index contributed by atoms with van der Waals surface area (Å²) in [5.41, 5.74) is 0. The molecule has 0 aromatic rings.